The summed E-state index contributed by atoms with van der Waals surface area (Å²) in [5, 5.41) is 18.2. The summed E-state index contributed by atoms with van der Waals surface area (Å²) in [4.78, 5) is 22.2. The molecule has 0 radical (unpaired) electrons. The van der Waals surface area contributed by atoms with E-state index >= 15 is 0 Å². The molecule has 0 spiro atoms. The fourth-order valence-corrected chi connectivity index (χ4v) is 1.83. The number of aliphatic hydroxyl groups is 1. The number of pyridine rings is 1. The molecule has 4 N–H and O–H groups in total. The van der Waals surface area contributed by atoms with E-state index in [2.05, 4.69) is 0 Å². The van der Waals surface area contributed by atoms with Crippen molar-refractivity contribution in [2.24, 2.45) is 5.73 Å². The molecular formula is C13H20N2O4. The lowest BCUT2D eigenvalue weighted by Crippen LogP contribution is -2.32. The van der Waals surface area contributed by atoms with Gasteiger partial charge in [0, 0.05) is 18.8 Å². The van der Waals surface area contributed by atoms with Crippen molar-refractivity contribution in [1.82, 2.24) is 4.57 Å². The summed E-state index contributed by atoms with van der Waals surface area (Å²) >= 11 is 0. The monoisotopic (exact) mass is 268 g/mol. The Kier molecular flexibility index (Phi) is 5.72. The Bertz CT molecular complexity index is 496. The van der Waals surface area contributed by atoms with Gasteiger partial charge in [-0.15, -0.1) is 0 Å². The number of aromatic nitrogens is 1. The average molecular weight is 268 g/mol. The maximum atomic E-state index is 11.2. The van der Waals surface area contributed by atoms with Gasteiger partial charge in [-0.05, 0) is 26.2 Å². The normalized spacial score (nSPS) is 12.4. The number of hydrogen-bond donors (Lipinski definition) is 3. The van der Waals surface area contributed by atoms with E-state index in [-0.39, 0.29) is 17.0 Å². The molecule has 1 atom stereocenters. The maximum Gasteiger partial charge on any atom is 0.223 e. The molecule has 0 saturated carbocycles. The molecule has 1 aromatic rings. The van der Waals surface area contributed by atoms with Gasteiger partial charge in [-0.3, -0.25) is 9.59 Å². The molecule has 0 amide bonds. The van der Waals surface area contributed by atoms with Crippen LogP contribution in [0.3, 0.4) is 0 Å². The van der Waals surface area contributed by atoms with Crippen LogP contribution in [-0.2, 0) is 11.3 Å². The van der Waals surface area contributed by atoms with E-state index in [0.717, 1.165) is 12.8 Å². The van der Waals surface area contributed by atoms with Crippen molar-refractivity contribution in [1.29, 1.82) is 0 Å². The van der Waals surface area contributed by atoms with Crippen molar-refractivity contribution in [2.75, 3.05) is 6.61 Å². The van der Waals surface area contributed by atoms with Crippen LogP contribution in [0.5, 0.6) is 5.75 Å². The number of aliphatic hydroxyl groups excluding tert-OH is 1. The van der Waals surface area contributed by atoms with Gasteiger partial charge in [0.2, 0.25) is 5.43 Å². The molecular weight excluding hydrogens is 248 g/mol. The summed E-state index contributed by atoms with van der Waals surface area (Å²) in [5.41, 5.74) is 5.73. The second-order valence-corrected chi connectivity index (χ2v) is 4.53. The van der Waals surface area contributed by atoms with Gasteiger partial charge in [-0.1, -0.05) is 0 Å². The van der Waals surface area contributed by atoms with Gasteiger partial charge in [0.15, 0.2) is 11.5 Å². The Hall–Kier alpha value is -1.66. The summed E-state index contributed by atoms with van der Waals surface area (Å²) in [6.45, 7) is 1.80. The molecule has 0 aliphatic heterocycles. The van der Waals surface area contributed by atoms with E-state index < -0.39 is 12.6 Å². The molecule has 106 valence electrons. The maximum absolute atomic E-state index is 11.2. The Morgan fingerprint density at radius 2 is 2.16 bits per heavy atom. The molecule has 1 unspecified atom stereocenters. The number of nitrogens with two attached hydrogens (primary N) is 1. The van der Waals surface area contributed by atoms with Gasteiger partial charge in [-0.2, -0.15) is 0 Å². The third-order valence-electron chi connectivity index (χ3n) is 3.15. The molecule has 6 nitrogen and oxygen atoms in total. The summed E-state index contributed by atoms with van der Waals surface area (Å²) in [7, 11) is 0. The fourth-order valence-electron chi connectivity index (χ4n) is 1.83. The minimum absolute atomic E-state index is 0.227. The number of aromatic hydroxyl groups is 1. The molecule has 0 bridgehead atoms. The van der Waals surface area contributed by atoms with Gasteiger partial charge in [0.05, 0.1) is 11.7 Å². The smallest absolute Gasteiger partial charge is 0.223 e. The predicted octanol–water partition coefficient (Wildman–Crippen LogP) is -0.0787. The van der Waals surface area contributed by atoms with E-state index in [1.807, 2.05) is 0 Å². The van der Waals surface area contributed by atoms with Crippen molar-refractivity contribution < 1.29 is 15.0 Å². The third kappa shape index (κ3) is 4.18. The van der Waals surface area contributed by atoms with Gasteiger partial charge >= 0.3 is 0 Å². The lowest BCUT2D eigenvalue weighted by molar-refractivity contribution is -0.123. The largest absolute Gasteiger partial charge is 0.503 e. The number of aryl methyl sites for hydroxylation is 1. The highest BCUT2D eigenvalue weighted by molar-refractivity contribution is 5.84. The number of hydrogen-bond acceptors (Lipinski definition) is 5. The van der Waals surface area contributed by atoms with Gasteiger partial charge < -0.3 is 20.5 Å². The van der Waals surface area contributed by atoms with Crippen LogP contribution in [0.4, 0.5) is 0 Å². The first-order valence-corrected chi connectivity index (χ1v) is 6.25. The quantitative estimate of drug-likeness (QED) is 0.600. The van der Waals surface area contributed by atoms with E-state index in [4.69, 9.17) is 10.8 Å². The Morgan fingerprint density at radius 1 is 1.47 bits per heavy atom. The van der Waals surface area contributed by atoms with Crippen molar-refractivity contribution in [3.63, 3.8) is 0 Å². The molecule has 0 fully saturated rings. The van der Waals surface area contributed by atoms with E-state index in [9.17, 15) is 14.7 Å². The molecule has 6 heteroatoms. The average Bonchev–Trinajstić information content (AvgIpc) is 2.41. The number of nitrogens with zero attached hydrogens (tertiary/aromatic N) is 1. The zero-order chi connectivity index (χ0) is 14.4. The van der Waals surface area contributed by atoms with E-state index in [0.29, 0.717) is 18.7 Å². The van der Waals surface area contributed by atoms with Crippen LogP contribution in [0.15, 0.2) is 17.1 Å². The van der Waals surface area contributed by atoms with Gasteiger partial charge in [0.1, 0.15) is 6.61 Å². The number of rotatable bonds is 7. The van der Waals surface area contributed by atoms with Crippen molar-refractivity contribution in [3.05, 3.63) is 28.2 Å². The topological polar surface area (TPSA) is 106 Å². The number of ketones is 1. The first-order valence-electron chi connectivity index (χ1n) is 6.25. The highest BCUT2D eigenvalue weighted by Crippen LogP contribution is 2.11. The van der Waals surface area contributed by atoms with E-state index in [1.165, 1.54) is 6.07 Å². The van der Waals surface area contributed by atoms with Crippen LogP contribution < -0.4 is 11.2 Å². The summed E-state index contributed by atoms with van der Waals surface area (Å²) < 4.78 is 1.79. The van der Waals surface area contributed by atoms with Crippen molar-refractivity contribution >= 4 is 5.78 Å². The third-order valence-corrected chi connectivity index (χ3v) is 3.15. The molecule has 0 aliphatic carbocycles. The second-order valence-electron chi connectivity index (χ2n) is 4.53. The summed E-state index contributed by atoms with van der Waals surface area (Å²) in [5.74, 6) is -0.577. The highest BCUT2D eigenvalue weighted by Gasteiger charge is 2.11. The minimum atomic E-state index is -0.617. The standard InChI is InChI=1S/C13H20N2O4/c1-9-13(19)11(17)5-7-15(9)6-3-2-4-10(14)12(18)8-16/h5,7,10,16,19H,2-4,6,8,14H2,1H3. The van der Waals surface area contributed by atoms with Crippen LogP contribution in [-0.4, -0.2) is 33.2 Å². The number of carbonyl (C=O) groups excluding carboxylic acids is 1. The van der Waals surface area contributed by atoms with E-state index in [1.54, 1.807) is 17.7 Å². The molecule has 1 aromatic heterocycles. The number of Topliss-reactive ketones (excluding diaryl/α,β-unsaturated/α-hetero) is 1. The zero-order valence-electron chi connectivity index (χ0n) is 11.0. The first kappa shape index (κ1) is 15.4. The second kappa shape index (κ2) is 7.06. The summed E-state index contributed by atoms with van der Waals surface area (Å²) in [6, 6.07) is 0.706. The number of carbonyl (C=O) groups is 1. The molecule has 0 saturated heterocycles. The van der Waals surface area contributed by atoms with Crippen LogP contribution in [0.25, 0.3) is 0 Å². The van der Waals surface area contributed by atoms with Crippen LogP contribution in [0.2, 0.25) is 0 Å². The van der Waals surface area contributed by atoms with Crippen LogP contribution >= 0.6 is 0 Å². The highest BCUT2D eigenvalue weighted by atomic mass is 16.3. The Labute approximate surface area is 111 Å². The zero-order valence-corrected chi connectivity index (χ0v) is 11.0. The van der Waals surface area contributed by atoms with Crippen molar-refractivity contribution in [2.45, 2.75) is 38.8 Å². The predicted molar refractivity (Wildman–Crippen MR) is 71.0 cm³/mol. The molecule has 19 heavy (non-hydrogen) atoms. The fraction of sp³-hybridized carbons (Fsp3) is 0.538. The Balaban J connectivity index is 2.44. The molecule has 1 heterocycles. The van der Waals surface area contributed by atoms with Crippen LogP contribution in [0, 0.1) is 6.92 Å². The molecule has 1 rings (SSSR count). The lowest BCUT2D eigenvalue weighted by atomic mass is 10.1. The summed E-state index contributed by atoms with van der Waals surface area (Å²) in [6.07, 6.45) is 3.66. The Morgan fingerprint density at radius 3 is 2.79 bits per heavy atom. The number of unbranched alkanes of at least 4 members (excludes halogenated alkanes) is 1. The minimum Gasteiger partial charge on any atom is -0.503 e. The van der Waals surface area contributed by atoms with Gasteiger partial charge in [-0.25, -0.2) is 0 Å². The lowest BCUT2D eigenvalue weighted by Gasteiger charge is -2.12. The van der Waals surface area contributed by atoms with Crippen LogP contribution in [0.1, 0.15) is 25.0 Å². The SMILES string of the molecule is Cc1c(O)c(=O)ccn1CCCCC(N)C(=O)CO. The van der Waals surface area contributed by atoms with Crippen molar-refractivity contribution in [3.8, 4) is 5.75 Å². The molecule has 0 aromatic carbocycles. The molecule has 0 aliphatic rings. The van der Waals surface area contributed by atoms with Gasteiger partial charge in [0.25, 0.3) is 0 Å². The first-order chi connectivity index (χ1) is 8.97.